The maximum Gasteiger partial charge on any atom is 0.0709 e. The quantitative estimate of drug-likeness (QED) is 0.708. The number of aromatic nitrogens is 1. The molecule has 1 aromatic heterocycles. The molecule has 1 rings (SSSR count). The van der Waals surface area contributed by atoms with Crippen LogP contribution >= 0.6 is 0 Å². The van der Waals surface area contributed by atoms with Gasteiger partial charge in [-0.2, -0.15) is 0 Å². The molecular formula is C9H14N2O. The van der Waals surface area contributed by atoms with E-state index in [0.29, 0.717) is 6.54 Å². The lowest BCUT2D eigenvalue weighted by Crippen LogP contribution is -2.17. The monoisotopic (exact) mass is 166 g/mol. The molecular weight excluding hydrogens is 152 g/mol. The van der Waals surface area contributed by atoms with Crippen LogP contribution in [0.4, 0.5) is 5.69 Å². The van der Waals surface area contributed by atoms with Crippen molar-refractivity contribution in [3.8, 4) is 0 Å². The van der Waals surface area contributed by atoms with Crippen molar-refractivity contribution >= 4 is 5.69 Å². The summed E-state index contributed by atoms with van der Waals surface area (Å²) in [6.07, 6.45) is 3.96. The van der Waals surface area contributed by atoms with Gasteiger partial charge < -0.3 is 10.4 Å². The first-order valence-corrected chi connectivity index (χ1v) is 4.15. The largest absolute Gasteiger partial charge is 0.391 e. The number of nitrogens with zero attached hydrogens (tertiary/aromatic N) is 1. The Labute approximate surface area is 72.5 Å². The molecule has 0 saturated heterocycles. The fraction of sp³-hybridized carbons (Fsp3) is 0.444. The lowest BCUT2D eigenvalue weighted by Gasteiger charge is -2.09. The third-order valence-electron chi connectivity index (χ3n) is 1.69. The van der Waals surface area contributed by atoms with Gasteiger partial charge in [-0.05, 0) is 18.6 Å². The van der Waals surface area contributed by atoms with Crippen molar-refractivity contribution in [2.75, 3.05) is 11.9 Å². The Bertz CT molecular complexity index is 213. The Hall–Kier alpha value is -1.09. The highest BCUT2D eigenvalue weighted by atomic mass is 16.3. The summed E-state index contributed by atoms with van der Waals surface area (Å²) in [6, 6.07) is 3.75. The maximum absolute atomic E-state index is 9.24. The van der Waals surface area contributed by atoms with E-state index in [-0.39, 0.29) is 6.10 Å². The van der Waals surface area contributed by atoms with Crippen molar-refractivity contribution in [3.05, 3.63) is 24.5 Å². The van der Waals surface area contributed by atoms with Gasteiger partial charge in [-0.1, -0.05) is 6.92 Å². The molecule has 2 N–H and O–H groups in total. The Balaban J connectivity index is 2.33. The number of rotatable bonds is 4. The van der Waals surface area contributed by atoms with Crippen molar-refractivity contribution in [3.63, 3.8) is 0 Å². The van der Waals surface area contributed by atoms with Gasteiger partial charge in [0.05, 0.1) is 6.10 Å². The number of hydrogen-bond donors (Lipinski definition) is 2. The van der Waals surface area contributed by atoms with Gasteiger partial charge in [-0.15, -0.1) is 0 Å². The molecule has 12 heavy (non-hydrogen) atoms. The van der Waals surface area contributed by atoms with Crippen LogP contribution in [0.3, 0.4) is 0 Å². The average Bonchev–Trinajstić information content (AvgIpc) is 2.16. The lowest BCUT2D eigenvalue weighted by molar-refractivity contribution is 0.183. The molecule has 0 saturated carbocycles. The van der Waals surface area contributed by atoms with Gasteiger partial charge >= 0.3 is 0 Å². The highest BCUT2D eigenvalue weighted by molar-refractivity contribution is 5.40. The zero-order valence-corrected chi connectivity index (χ0v) is 7.20. The smallest absolute Gasteiger partial charge is 0.0709 e. The molecule has 0 aliphatic heterocycles. The zero-order chi connectivity index (χ0) is 8.81. The zero-order valence-electron chi connectivity index (χ0n) is 7.20. The SMILES string of the molecule is CCC(O)CNc1ccncc1. The summed E-state index contributed by atoms with van der Waals surface area (Å²) in [5.74, 6) is 0. The van der Waals surface area contributed by atoms with Gasteiger partial charge in [-0.3, -0.25) is 4.98 Å². The van der Waals surface area contributed by atoms with Crippen molar-refractivity contribution in [2.24, 2.45) is 0 Å². The standard InChI is InChI=1S/C9H14N2O/c1-2-9(12)7-11-8-3-5-10-6-4-8/h3-6,9,12H,2,7H2,1H3,(H,10,11). The van der Waals surface area contributed by atoms with Crippen molar-refractivity contribution in [1.82, 2.24) is 4.98 Å². The highest BCUT2D eigenvalue weighted by Gasteiger charge is 1.98. The number of nitrogens with one attached hydrogen (secondary N) is 1. The fourth-order valence-electron chi connectivity index (χ4n) is 0.850. The molecule has 0 aliphatic carbocycles. The molecule has 0 radical (unpaired) electrons. The molecule has 0 amide bonds. The summed E-state index contributed by atoms with van der Waals surface area (Å²) in [5, 5.41) is 12.3. The van der Waals surface area contributed by atoms with Gasteiger partial charge in [0, 0.05) is 24.6 Å². The molecule has 0 aliphatic rings. The molecule has 1 aromatic rings. The number of anilines is 1. The Kier molecular flexibility index (Phi) is 3.54. The van der Waals surface area contributed by atoms with Gasteiger partial charge in [0.15, 0.2) is 0 Å². The van der Waals surface area contributed by atoms with Gasteiger partial charge in [0.25, 0.3) is 0 Å². The predicted molar refractivity (Wildman–Crippen MR) is 49.0 cm³/mol. The first kappa shape index (κ1) is 9.00. The van der Waals surface area contributed by atoms with E-state index < -0.39 is 0 Å². The molecule has 3 nitrogen and oxygen atoms in total. The highest BCUT2D eigenvalue weighted by Crippen LogP contribution is 2.03. The van der Waals surface area contributed by atoms with Crippen LogP contribution in [0, 0.1) is 0 Å². The maximum atomic E-state index is 9.24. The second-order valence-electron chi connectivity index (χ2n) is 2.68. The minimum Gasteiger partial charge on any atom is -0.391 e. The van der Waals surface area contributed by atoms with Crippen LogP contribution in [-0.4, -0.2) is 22.7 Å². The summed E-state index contributed by atoms with van der Waals surface area (Å²) in [7, 11) is 0. The number of pyridine rings is 1. The van der Waals surface area contributed by atoms with E-state index in [1.807, 2.05) is 19.1 Å². The van der Waals surface area contributed by atoms with Gasteiger partial charge in [0.1, 0.15) is 0 Å². The van der Waals surface area contributed by atoms with Crippen molar-refractivity contribution < 1.29 is 5.11 Å². The van der Waals surface area contributed by atoms with E-state index >= 15 is 0 Å². The van der Waals surface area contributed by atoms with E-state index in [9.17, 15) is 5.11 Å². The molecule has 0 bridgehead atoms. The first-order chi connectivity index (χ1) is 5.83. The summed E-state index contributed by atoms with van der Waals surface area (Å²) in [4.78, 5) is 3.89. The van der Waals surface area contributed by atoms with Crippen LogP contribution in [0.5, 0.6) is 0 Å². The number of aliphatic hydroxyl groups is 1. The lowest BCUT2D eigenvalue weighted by atomic mass is 10.3. The van der Waals surface area contributed by atoms with E-state index in [2.05, 4.69) is 10.3 Å². The minimum atomic E-state index is -0.266. The second kappa shape index (κ2) is 4.72. The fourth-order valence-corrected chi connectivity index (χ4v) is 0.850. The van der Waals surface area contributed by atoms with Crippen LogP contribution in [0.15, 0.2) is 24.5 Å². The Morgan fingerprint density at radius 3 is 2.75 bits per heavy atom. The molecule has 1 unspecified atom stereocenters. The van der Waals surface area contributed by atoms with Crippen LogP contribution in [0.1, 0.15) is 13.3 Å². The second-order valence-corrected chi connectivity index (χ2v) is 2.68. The minimum absolute atomic E-state index is 0.266. The normalized spacial score (nSPS) is 12.5. The average molecular weight is 166 g/mol. The topological polar surface area (TPSA) is 45.1 Å². The summed E-state index contributed by atoms with van der Waals surface area (Å²) in [6.45, 7) is 2.55. The van der Waals surface area contributed by atoms with Crippen molar-refractivity contribution in [2.45, 2.75) is 19.4 Å². The van der Waals surface area contributed by atoms with Crippen molar-refractivity contribution in [1.29, 1.82) is 0 Å². The molecule has 66 valence electrons. The first-order valence-electron chi connectivity index (χ1n) is 4.15. The Morgan fingerprint density at radius 1 is 1.50 bits per heavy atom. The van der Waals surface area contributed by atoms with E-state index in [1.165, 1.54) is 0 Å². The third kappa shape index (κ3) is 2.88. The predicted octanol–water partition coefficient (Wildman–Crippen LogP) is 1.26. The third-order valence-corrected chi connectivity index (χ3v) is 1.69. The van der Waals surface area contributed by atoms with Crippen LogP contribution in [-0.2, 0) is 0 Å². The van der Waals surface area contributed by atoms with Gasteiger partial charge in [0.2, 0.25) is 0 Å². The van der Waals surface area contributed by atoms with Crippen LogP contribution in [0.25, 0.3) is 0 Å². The molecule has 1 atom stereocenters. The van der Waals surface area contributed by atoms with E-state index in [1.54, 1.807) is 12.4 Å². The molecule has 3 heteroatoms. The van der Waals surface area contributed by atoms with E-state index in [0.717, 1.165) is 12.1 Å². The van der Waals surface area contributed by atoms with Gasteiger partial charge in [-0.25, -0.2) is 0 Å². The van der Waals surface area contributed by atoms with E-state index in [4.69, 9.17) is 0 Å². The molecule has 0 spiro atoms. The molecule has 1 heterocycles. The summed E-state index contributed by atoms with van der Waals surface area (Å²) in [5.41, 5.74) is 0.998. The number of hydrogen-bond acceptors (Lipinski definition) is 3. The number of aliphatic hydroxyl groups excluding tert-OH is 1. The van der Waals surface area contributed by atoms with Crippen LogP contribution < -0.4 is 5.32 Å². The molecule has 0 fully saturated rings. The summed E-state index contributed by atoms with van der Waals surface area (Å²) >= 11 is 0. The Morgan fingerprint density at radius 2 is 2.17 bits per heavy atom. The molecule has 0 aromatic carbocycles. The summed E-state index contributed by atoms with van der Waals surface area (Å²) < 4.78 is 0. The van der Waals surface area contributed by atoms with Crippen LogP contribution in [0.2, 0.25) is 0 Å².